The maximum absolute atomic E-state index is 12.6. The minimum atomic E-state index is -1.03. The van der Waals surface area contributed by atoms with Crippen molar-refractivity contribution in [1.29, 1.82) is 0 Å². The Morgan fingerprint density at radius 3 is 2.81 bits per heavy atom. The van der Waals surface area contributed by atoms with E-state index in [0.717, 1.165) is 16.2 Å². The van der Waals surface area contributed by atoms with Gasteiger partial charge in [-0.3, -0.25) is 24.7 Å². The molecule has 32 heavy (non-hydrogen) atoms. The molecule has 0 saturated carbocycles. The average Bonchev–Trinajstić information content (AvgIpc) is 3.18. The monoisotopic (exact) mass is 436 g/mol. The number of pyridine rings is 2. The standard InChI is InChI=1S/C22H24N6O4/c1-14-18(32-16-7-8-23-17(11-16)15-12-24-27(4)13-15)5-6-19(25-14)26-21(30)28-9-10-31-22(2,3)20(28)29/h5-8,11-13H,9-10H2,1-4H3,(H,25,26,30). The van der Waals surface area contributed by atoms with Crippen molar-refractivity contribution in [2.45, 2.75) is 26.4 Å². The van der Waals surface area contributed by atoms with Gasteiger partial charge in [-0.2, -0.15) is 5.10 Å². The van der Waals surface area contributed by atoms with Crippen LogP contribution in [-0.2, 0) is 16.6 Å². The summed E-state index contributed by atoms with van der Waals surface area (Å²) in [5, 5.41) is 6.83. The largest absolute Gasteiger partial charge is 0.455 e. The fraction of sp³-hybridized carbons (Fsp3) is 0.318. The second-order valence-electron chi connectivity index (χ2n) is 7.91. The SMILES string of the molecule is Cc1nc(NC(=O)N2CCOC(C)(C)C2=O)ccc1Oc1ccnc(-c2cnn(C)c2)c1. The molecule has 0 unspecified atom stereocenters. The summed E-state index contributed by atoms with van der Waals surface area (Å²) >= 11 is 0. The molecule has 1 aliphatic heterocycles. The highest BCUT2D eigenvalue weighted by Gasteiger charge is 2.39. The third kappa shape index (κ3) is 4.45. The van der Waals surface area contributed by atoms with Crippen LogP contribution in [0.25, 0.3) is 11.3 Å². The maximum atomic E-state index is 12.6. The molecular formula is C22H24N6O4. The molecule has 0 aliphatic carbocycles. The van der Waals surface area contributed by atoms with Crippen molar-refractivity contribution in [2.24, 2.45) is 7.05 Å². The van der Waals surface area contributed by atoms with E-state index in [0.29, 0.717) is 29.6 Å². The second kappa shape index (κ2) is 8.39. The fourth-order valence-corrected chi connectivity index (χ4v) is 3.29. The third-order valence-corrected chi connectivity index (χ3v) is 5.02. The first-order valence-electron chi connectivity index (χ1n) is 10.1. The van der Waals surface area contributed by atoms with Crippen LogP contribution in [0.1, 0.15) is 19.5 Å². The predicted octanol–water partition coefficient (Wildman–Crippen LogP) is 3.15. The Balaban J connectivity index is 1.46. The van der Waals surface area contributed by atoms with Gasteiger partial charge in [0.25, 0.3) is 5.91 Å². The zero-order valence-corrected chi connectivity index (χ0v) is 18.3. The van der Waals surface area contributed by atoms with Crippen molar-refractivity contribution in [2.75, 3.05) is 18.5 Å². The minimum Gasteiger partial charge on any atom is -0.455 e. The third-order valence-electron chi connectivity index (χ3n) is 5.02. The molecule has 0 aromatic carbocycles. The van der Waals surface area contributed by atoms with Crippen molar-refractivity contribution >= 4 is 17.8 Å². The van der Waals surface area contributed by atoms with E-state index in [-0.39, 0.29) is 12.5 Å². The Hall–Kier alpha value is -3.79. The Morgan fingerprint density at radius 1 is 1.28 bits per heavy atom. The lowest BCUT2D eigenvalue weighted by molar-refractivity contribution is -0.160. The van der Waals surface area contributed by atoms with Gasteiger partial charge in [0.15, 0.2) is 0 Å². The summed E-state index contributed by atoms with van der Waals surface area (Å²) in [5.41, 5.74) is 1.17. The molecule has 10 nitrogen and oxygen atoms in total. The predicted molar refractivity (Wildman–Crippen MR) is 116 cm³/mol. The molecule has 4 rings (SSSR count). The topological polar surface area (TPSA) is 111 Å². The first kappa shape index (κ1) is 21.4. The van der Waals surface area contributed by atoms with Crippen LogP contribution in [0.15, 0.2) is 42.9 Å². The summed E-state index contributed by atoms with van der Waals surface area (Å²) in [5.74, 6) is 1.07. The van der Waals surface area contributed by atoms with Gasteiger partial charge in [-0.05, 0) is 39.0 Å². The number of anilines is 1. The van der Waals surface area contributed by atoms with E-state index in [2.05, 4.69) is 20.4 Å². The first-order valence-corrected chi connectivity index (χ1v) is 10.1. The van der Waals surface area contributed by atoms with Crippen LogP contribution in [0.2, 0.25) is 0 Å². The normalized spacial score (nSPS) is 15.5. The van der Waals surface area contributed by atoms with Crippen molar-refractivity contribution in [3.63, 3.8) is 0 Å². The molecule has 1 N–H and O–H groups in total. The van der Waals surface area contributed by atoms with Gasteiger partial charge in [0.05, 0.1) is 30.7 Å². The lowest BCUT2D eigenvalue weighted by atomic mass is 10.1. The number of imide groups is 1. The lowest BCUT2D eigenvalue weighted by Crippen LogP contribution is -2.56. The molecule has 3 amide bonds. The van der Waals surface area contributed by atoms with Crippen LogP contribution in [0, 0.1) is 6.92 Å². The quantitative estimate of drug-likeness (QED) is 0.669. The van der Waals surface area contributed by atoms with E-state index < -0.39 is 11.6 Å². The molecule has 1 saturated heterocycles. The number of amides is 3. The van der Waals surface area contributed by atoms with E-state index in [9.17, 15) is 9.59 Å². The Bertz CT molecular complexity index is 1170. The number of hydrogen-bond acceptors (Lipinski definition) is 7. The van der Waals surface area contributed by atoms with Gasteiger partial charge in [0.1, 0.15) is 22.9 Å². The number of nitrogens with zero attached hydrogens (tertiary/aromatic N) is 5. The van der Waals surface area contributed by atoms with Crippen LogP contribution < -0.4 is 10.1 Å². The molecule has 4 heterocycles. The number of nitrogens with one attached hydrogen (secondary N) is 1. The van der Waals surface area contributed by atoms with E-state index in [1.54, 1.807) is 56.0 Å². The molecule has 1 fully saturated rings. The molecule has 0 bridgehead atoms. The summed E-state index contributed by atoms with van der Waals surface area (Å²) in [7, 11) is 1.84. The molecule has 10 heteroatoms. The summed E-state index contributed by atoms with van der Waals surface area (Å²) < 4.78 is 13.1. The number of rotatable bonds is 4. The van der Waals surface area contributed by atoms with Crippen LogP contribution >= 0.6 is 0 Å². The number of morpholine rings is 1. The zero-order valence-electron chi connectivity index (χ0n) is 18.3. The molecule has 3 aromatic heterocycles. The number of carbonyl (C=O) groups excluding carboxylic acids is 2. The van der Waals surface area contributed by atoms with Crippen molar-refractivity contribution in [1.82, 2.24) is 24.6 Å². The summed E-state index contributed by atoms with van der Waals surface area (Å²) in [4.78, 5) is 34.9. The van der Waals surface area contributed by atoms with Gasteiger partial charge >= 0.3 is 6.03 Å². The molecule has 166 valence electrons. The van der Waals surface area contributed by atoms with E-state index >= 15 is 0 Å². The highest BCUT2D eigenvalue weighted by Crippen LogP contribution is 2.28. The molecule has 1 aliphatic rings. The lowest BCUT2D eigenvalue weighted by Gasteiger charge is -2.35. The molecule has 0 atom stereocenters. The smallest absolute Gasteiger partial charge is 0.329 e. The summed E-state index contributed by atoms with van der Waals surface area (Å²) in [6, 6.07) is 6.37. The minimum absolute atomic E-state index is 0.190. The van der Waals surface area contributed by atoms with Crippen molar-refractivity contribution in [3.05, 3.63) is 48.5 Å². The van der Waals surface area contributed by atoms with Gasteiger partial charge < -0.3 is 9.47 Å². The number of urea groups is 1. The second-order valence-corrected chi connectivity index (χ2v) is 7.91. The molecule has 0 spiro atoms. The Kier molecular flexibility index (Phi) is 5.62. The number of aromatic nitrogens is 4. The number of ether oxygens (including phenoxy) is 2. The molecular weight excluding hydrogens is 412 g/mol. The highest BCUT2D eigenvalue weighted by atomic mass is 16.5. The maximum Gasteiger partial charge on any atom is 0.329 e. The van der Waals surface area contributed by atoms with Crippen LogP contribution in [0.5, 0.6) is 11.5 Å². The molecule has 0 radical (unpaired) electrons. The Labute approximate surface area is 185 Å². The van der Waals surface area contributed by atoms with Crippen LogP contribution in [-0.4, -0.2) is 55.3 Å². The van der Waals surface area contributed by atoms with Gasteiger partial charge in [-0.25, -0.2) is 9.78 Å². The zero-order chi connectivity index (χ0) is 22.9. The van der Waals surface area contributed by atoms with Crippen molar-refractivity contribution in [3.8, 4) is 22.8 Å². The van der Waals surface area contributed by atoms with Crippen LogP contribution in [0.3, 0.4) is 0 Å². The number of hydrogen-bond donors (Lipinski definition) is 1. The highest BCUT2D eigenvalue weighted by molar-refractivity contribution is 6.03. The van der Waals surface area contributed by atoms with Gasteiger partial charge in [0.2, 0.25) is 0 Å². The Morgan fingerprint density at radius 2 is 2.09 bits per heavy atom. The fourth-order valence-electron chi connectivity index (χ4n) is 3.29. The number of carbonyl (C=O) groups is 2. The summed E-state index contributed by atoms with van der Waals surface area (Å²) in [6.07, 6.45) is 5.27. The van der Waals surface area contributed by atoms with Gasteiger partial charge in [0, 0.05) is 31.1 Å². The van der Waals surface area contributed by atoms with Gasteiger partial charge in [-0.15, -0.1) is 0 Å². The first-order chi connectivity index (χ1) is 15.2. The van der Waals surface area contributed by atoms with Crippen LogP contribution in [0.4, 0.5) is 10.6 Å². The van der Waals surface area contributed by atoms with E-state index in [1.807, 2.05) is 19.3 Å². The number of aryl methyl sites for hydroxylation is 2. The van der Waals surface area contributed by atoms with Crippen molar-refractivity contribution < 1.29 is 19.1 Å². The molecule has 3 aromatic rings. The van der Waals surface area contributed by atoms with E-state index in [4.69, 9.17) is 9.47 Å². The van der Waals surface area contributed by atoms with Gasteiger partial charge in [-0.1, -0.05) is 0 Å². The summed E-state index contributed by atoms with van der Waals surface area (Å²) in [6.45, 7) is 5.54. The van der Waals surface area contributed by atoms with E-state index in [1.165, 1.54) is 0 Å². The average molecular weight is 436 g/mol.